The molecule has 0 saturated heterocycles. The maximum atomic E-state index is 2.50. The van der Waals surface area contributed by atoms with Gasteiger partial charge in [0.15, 0.2) is 0 Å². The first kappa shape index (κ1) is 18.9. The lowest BCUT2D eigenvalue weighted by Gasteiger charge is -2.24. The highest BCUT2D eigenvalue weighted by atomic mass is 31.1. The highest BCUT2D eigenvalue weighted by Crippen LogP contribution is 2.51. The van der Waals surface area contributed by atoms with E-state index >= 15 is 0 Å². The third-order valence-corrected chi connectivity index (χ3v) is 7.54. The van der Waals surface area contributed by atoms with Crippen molar-refractivity contribution in [2.75, 3.05) is 20.6 Å². The summed E-state index contributed by atoms with van der Waals surface area (Å²) in [5.74, 6) is 0.351. The Bertz CT molecular complexity index is 920. The van der Waals surface area contributed by atoms with Gasteiger partial charge >= 0.3 is 0 Å². The normalized spacial score (nSPS) is 16.4. The molecule has 0 spiro atoms. The predicted molar refractivity (Wildman–Crippen MR) is 123 cm³/mol. The molecule has 0 amide bonds. The van der Waals surface area contributed by atoms with Gasteiger partial charge < -0.3 is 4.90 Å². The lowest BCUT2D eigenvalue weighted by molar-refractivity contribution is 0.448. The van der Waals surface area contributed by atoms with Gasteiger partial charge in [0.2, 0.25) is 0 Å². The fraction of sp³-hybridized carbons (Fsp3) is 0.154. The molecule has 1 atom stereocenters. The summed E-state index contributed by atoms with van der Waals surface area (Å²) in [6.45, 7) is 0.966. The minimum atomic E-state index is -0.573. The van der Waals surface area contributed by atoms with Crippen LogP contribution in [0.1, 0.15) is 11.5 Å². The van der Waals surface area contributed by atoms with Crippen molar-refractivity contribution in [1.82, 2.24) is 4.90 Å². The van der Waals surface area contributed by atoms with Crippen LogP contribution < -0.4 is 10.6 Å². The van der Waals surface area contributed by atoms with Gasteiger partial charge in [0, 0.05) is 12.5 Å². The van der Waals surface area contributed by atoms with Gasteiger partial charge in [0.05, 0.1) is 0 Å². The average molecular weight is 383 g/mol. The van der Waals surface area contributed by atoms with Crippen LogP contribution in [0.5, 0.6) is 0 Å². The van der Waals surface area contributed by atoms with Gasteiger partial charge in [-0.05, 0) is 49.1 Å². The smallest absolute Gasteiger partial charge is 0.0231 e. The maximum absolute atomic E-state index is 2.50. The summed E-state index contributed by atoms with van der Waals surface area (Å²) in [6, 6.07) is 32.8. The van der Waals surface area contributed by atoms with Crippen molar-refractivity contribution < 1.29 is 0 Å². The van der Waals surface area contributed by atoms with E-state index in [1.54, 1.807) is 0 Å². The van der Waals surface area contributed by atoms with Crippen LogP contribution >= 0.6 is 7.92 Å². The van der Waals surface area contributed by atoms with Crippen molar-refractivity contribution in [1.29, 1.82) is 0 Å². The first-order chi connectivity index (χ1) is 13.7. The van der Waals surface area contributed by atoms with Crippen molar-refractivity contribution in [2.24, 2.45) is 0 Å². The van der Waals surface area contributed by atoms with E-state index in [1.807, 2.05) is 0 Å². The monoisotopic (exact) mass is 383 g/mol. The first-order valence-electron chi connectivity index (χ1n) is 9.75. The Morgan fingerprint density at radius 1 is 0.679 bits per heavy atom. The molecule has 0 aliphatic heterocycles. The second-order valence-corrected chi connectivity index (χ2v) is 9.61. The molecule has 1 aliphatic carbocycles. The zero-order valence-electron chi connectivity index (χ0n) is 16.5. The molecule has 140 valence electrons. The zero-order valence-corrected chi connectivity index (χ0v) is 17.4. The highest BCUT2D eigenvalue weighted by molar-refractivity contribution is 7.77. The average Bonchev–Trinajstić information content (AvgIpc) is 3.13. The number of hydrogen-bond acceptors (Lipinski definition) is 1. The molecule has 3 aromatic carbocycles. The topological polar surface area (TPSA) is 3.24 Å². The van der Waals surface area contributed by atoms with Gasteiger partial charge in [-0.25, -0.2) is 0 Å². The van der Waals surface area contributed by atoms with E-state index in [0.717, 1.165) is 6.54 Å². The minimum absolute atomic E-state index is 0.351. The van der Waals surface area contributed by atoms with Crippen molar-refractivity contribution >= 4 is 18.5 Å². The molecule has 0 heterocycles. The molecular formula is C26H26NP. The second-order valence-electron chi connectivity index (χ2n) is 7.42. The van der Waals surface area contributed by atoms with E-state index in [4.69, 9.17) is 0 Å². The predicted octanol–water partition coefficient (Wildman–Crippen LogP) is 5.29. The van der Waals surface area contributed by atoms with Gasteiger partial charge in [-0.15, -0.1) is 0 Å². The largest absolute Gasteiger partial charge is 0.305 e. The van der Waals surface area contributed by atoms with Gasteiger partial charge in [-0.2, -0.15) is 0 Å². The molecule has 1 unspecified atom stereocenters. The van der Waals surface area contributed by atoms with Crippen molar-refractivity contribution in [3.05, 3.63) is 120 Å². The highest BCUT2D eigenvalue weighted by Gasteiger charge is 2.27. The first-order valence-corrected chi connectivity index (χ1v) is 11.1. The summed E-state index contributed by atoms with van der Waals surface area (Å²) in [4.78, 5) is 2.27. The molecule has 0 bridgehead atoms. The third kappa shape index (κ3) is 4.17. The summed E-state index contributed by atoms with van der Waals surface area (Å²) in [5.41, 5.74) is 2.82. The maximum Gasteiger partial charge on any atom is 0.0231 e. The zero-order chi connectivity index (χ0) is 19.3. The summed E-state index contributed by atoms with van der Waals surface area (Å²) < 4.78 is 0. The van der Waals surface area contributed by atoms with Gasteiger partial charge in [0.1, 0.15) is 0 Å². The second kappa shape index (κ2) is 8.69. The summed E-state index contributed by atoms with van der Waals surface area (Å²) in [6.07, 6.45) is 4.96. The SMILES string of the molecule is CN(C)CC1=CC(c2ccccc2)C=C1P(c1ccccc1)c1ccccc1. The Morgan fingerprint density at radius 3 is 1.68 bits per heavy atom. The third-order valence-electron chi connectivity index (χ3n) is 4.99. The molecule has 3 aromatic rings. The molecular weight excluding hydrogens is 357 g/mol. The van der Waals surface area contributed by atoms with Crippen molar-refractivity contribution in [3.63, 3.8) is 0 Å². The molecule has 4 rings (SSSR count). The Morgan fingerprint density at radius 2 is 1.18 bits per heavy atom. The molecule has 0 N–H and O–H groups in total. The quantitative estimate of drug-likeness (QED) is 0.523. The van der Waals surface area contributed by atoms with Crippen LogP contribution in [-0.2, 0) is 0 Å². The number of nitrogens with zero attached hydrogens (tertiary/aromatic N) is 1. The van der Waals surface area contributed by atoms with Crippen LogP contribution in [-0.4, -0.2) is 25.5 Å². The van der Waals surface area contributed by atoms with Crippen molar-refractivity contribution in [3.8, 4) is 0 Å². The lowest BCUT2D eigenvalue weighted by atomic mass is 10.0. The van der Waals surface area contributed by atoms with Crippen molar-refractivity contribution in [2.45, 2.75) is 5.92 Å². The van der Waals surface area contributed by atoms with E-state index in [2.05, 4.69) is 122 Å². The van der Waals surface area contributed by atoms with Crippen LogP contribution in [0, 0.1) is 0 Å². The number of hydrogen-bond donors (Lipinski definition) is 0. The Hall–Kier alpha value is -2.47. The molecule has 28 heavy (non-hydrogen) atoms. The van der Waals surface area contributed by atoms with E-state index in [-0.39, 0.29) is 0 Å². The van der Waals surface area contributed by atoms with Gasteiger partial charge in [-0.3, -0.25) is 0 Å². The molecule has 2 heteroatoms. The van der Waals surface area contributed by atoms with E-state index < -0.39 is 7.92 Å². The Balaban J connectivity index is 1.82. The number of rotatable bonds is 6. The van der Waals surface area contributed by atoms with Gasteiger partial charge in [-0.1, -0.05) is 103 Å². The van der Waals surface area contributed by atoms with Crippen LogP contribution in [0.3, 0.4) is 0 Å². The minimum Gasteiger partial charge on any atom is -0.305 e. The number of likely N-dealkylation sites (N-methyl/N-ethyl adjacent to an activating group) is 1. The molecule has 1 nitrogen and oxygen atoms in total. The van der Waals surface area contributed by atoms with E-state index in [0.29, 0.717) is 5.92 Å². The summed E-state index contributed by atoms with van der Waals surface area (Å²) in [7, 11) is 3.74. The van der Waals surface area contributed by atoms with Crippen LogP contribution in [0.25, 0.3) is 0 Å². The Labute approximate surface area is 169 Å². The molecule has 0 fully saturated rings. The van der Waals surface area contributed by atoms with Crippen LogP contribution in [0.15, 0.2) is 114 Å². The fourth-order valence-corrected chi connectivity index (χ4v) is 6.31. The van der Waals surface area contributed by atoms with Crippen LogP contribution in [0.2, 0.25) is 0 Å². The summed E-state index contributed by atoms with van der Waals surface area (Å²) >= 11 is 0. The van der Waals surface area contributed by atoms with Gasteiger partial charge in [0.25, 0.3) is 0 Å². The Kier molecular flexibility index (Phi) is 5.86. The van der Waals surface area contributed by atoms with Crippen LogP contribution in [0.4, 0.5) is 0 Å². The van der Waals surface area contributed by atoms with E-state index in [1.165, 1.54) is 27.1 Å². The molecule has 1 aliphatic rings. The lowest BCUT2D eigenvalue weighted by Crippen LogP contribution is -2.19. The number of allylic oxidation sites excluding steroid dienone is 2. The summed E-state index contributed by atoms with van der Waals surface area (Å²) in [5, 5.41) is 4.32. The molecule has 0 saturated carbocycles. The number of benzene rings is 3. The fourth-order valence-electron chi connectivity index (χ4n) is 3.77. The standard InChI is InChI=1S/C26H26NP/c1-27(2)20-23-18-22(21-12-6-3-7-13-21)19-26(23)28(24-14-8-4-9-15-24)25-16-10-5-11-17-25/h3-19,22H,20H2,1-2H3. The van der Waals surface area contributed by atoms with E-state index in [9.17, 15) is 0 Å². The molecule has 0 radical (unpaired) electrons. The molecule has 0 aromatic heterocycles.